The average molecular weight is 446 g/mol. The highest BCUT2D eigenvalue weighted by molar-refractivity contribution is 7.90. The molecule has 2 aromatic rings. The van der Waals surface area contributed by atoms with E-state index >= 15 is 0 Å². The lowest BCUT2D eigenvalue weighted by Gasteiger charge is -2.43. The third-order valence-corrected chi connectivity index (χ3v) is 7.31. The molecule has 4 rings (SSSR count). The van der Waals surface area contributed by atoms with Gasteiger partial charge in [-0.15, -0.1) is 0 Å². The van der Waals surface area contributed by atoms with E-state index in [2.05, 4.69) is 4.57 Å². The van der Waals surface area contributed by atoms with Crippen LogP contribution in [-0.4, -0.2) is 47.4 Å². The number of hydrogen-bond acceptors (Lipinski definition) is 5. The minimum atomic E-state index is -3.25. The summed E-state index contributed by atoms with van der Waals surface area (Å²) in [5.74, 6) is 1.28. The number of rotatable bonds is 2. The van der Waals surface area contributed by atoms with Crippen molar-refractivity contribution >= 4 is 15.9 Å². The summed E-state index contributed by atoms with van der Waals surface area (Å²) in [7, 11) is -3.25. The van der Waals surface area contributed by atoms with Gasteiger partial charge in [0, 0.05) is 30.6 Å². The zero-order chi connectivity index (χ0) is 22.6. The van der Waals surface area contributed by atoms with E-state index in [1.54, 1.807) is 12.1 Å². The number of benzene rings is 1. The van der Waals surface area contributed by atoms with Gasteiger partial charge in [0.2, 0.25) is 0 Å². The largest absolute Gasteiger partial charge is 0.444 e. The van der Waals surface area contributed by atoms with Gasteiger partial charge in [0.25, 0.3) is 0 Å². The van der Waals surface area contributed by atoms with Crippen LogP contribution in [0.4, 0.5) is 4.79 Å². The van der Waals surface area contributed by atoms with Gasteiger partial charge in [-0.3, -0.25) is 4.90 Å². The van der Waals surface area contributed by atoms with Crippen LogP contribution in [0.3, 0.4) is 0 Å². The summed E-state index contributed by atoms with van der Waals surface area (Å²) in [6.45, 7) is 9.24. The fourth-order valence-electron chi connectivity index (χ4n) is 4.74. The third kappa shape index (κ3) is 4.22. The molecule has 2 unspecified atom stereocenters. The minimum Gasteiger partial charge on any atom is -0.444 e. The fourth-order valence-corrected chi connectivity index (χ4v) is 5.38. The number of sulfone groups is 1. The number of amides is 1. The SMILES string of the molecule is Cc1c(-c2ccc(S(C)(=O)=O)cc2)nc2n1CCC1CCCN(C(=O)OC(C)(C)C)C21. The highest BCUT2D eigenvalue weighted by Crippen LogP contribution is 2.43. The first-order valence-corrected chi connectivity index (χ1v) is 12.7. The first kappa shape index (κ1) is 21.9. The lowest BCUT2D eigenvalue weighted by Crippen LogP contribution is -2.47. The molecule has 0 N–H and O–H groups in total. The molecule has 0 saturated carbocycles. The molecular formula is C23H31N3O4S. The molecule has 1 aromatic carbocycles. The molecule has 7 nitrogen and oxygen atoms in total. The van der Waals surface area contributed by atoms with Crippen LogP contribution in [-0.2, 0) is 21.1 Å². The van der Waals surface area contributed by atoms with Crippen LogP contribution in [0.1, 0.15) is 57.6 Å². The molecule has 0 aliphatic carbocycles. The number of imidazole rings is 1. The summed E-state index contributed by atoms with van der Waals surface area (Å²) in [5, 5.41) is 0. The normalized spacial score (nSPS) is 21.4. The average Bonchev–Trinajstić information content (AvgIpc) is 3.02. The van der Waals surface area contributed by atoms with Gasteiger partial charge in [-0.2, -0.15) is 0 Å². The van der Waals surface area contributed by atoms with Crippen molar-refractivity contribution in [2.24, 2.45) is 5.92 Å². The Bertz CT molecular complexity index is 1100. The Morgan fingerprint density at radius 3 is 2.42 bits per heavy atom. The monoisotopic (exact) mass is 445 g/mol. The van der Waals surface area contributed by atoms with Crippen LogP contribution in [0, 0.1) is 12.8 Å². The van der Waals surface area contributed by atoms with Crippen LogP contribution in [0.5, 0.6) is 0 Å². The minimum absolute atomic E-state index is 0.0971. The Labute approximate surface area is 184 Å². The van der Waals surface area contributed by atoms with Crippen molar-refractivity contribution in [2.75, 3.05) is 12.8 Å². The molecule has 3 heterocycles. The molecular weight excluding hydrogens is 414 g/mol. The van der Waals surface area contributed by atoms with Gasteiger partial charge in [-0.25, -0.2) is 18.2 Å². The quantitative estimate of drug-likeness (QED) is 0.686. The van der Waals surface area contributed by atoms with Crippen molar-refractivity contribution in [3.63, 3.8) is 0 Å². The molecule has 0 bridgehead atoms. The molecule has 0 spiro atoms. The van der Waals surface area contributed by atoms with Crippen LogP contribution >= 0.6 is 0 Å². The Balaban J connectivity index is 1.72. The summed E-state index contributed by atoms with van der Waals surface area (Å²) < 4.78 is 31.5. The second-order valence-electron chi connectivity index (χ2n) is 9.66. The highest BCUT2D eigenvalue weighted by atomic mass is 32.2. The Hall–Kier alpha value is -2.35. The van der Waals surface area contributed by atoms with Crippen molar-refractivity contribution in [1.82, 2.24) is 14.5 Å². The van der Waals surface area contributed by atoms with Crippen LogP contribution in [0.15, 0.2) is 29.2 Å². The lowest BCUT2D eigenvalue weighted by molar-refractivity contribution is -0.00765. The molecule has 2 aliphatic heterocycles. The molecule has 8 heteroatoms. The summed E-state index contributed by atoms with van der Waals surface area (Å²) in [5.41, 5.74) is 2.21. The molecule has 0 radical (unpaired) electrons. The topological polar surface area (TPSA) is 81.5 Å². The second kappa shape index (κ2) is 7.65. The third-order valence-electron chi connectivity index (χ3n) is 6.18. The van der Waals surface area contributed by atoms with Gasteiger partial charge in [0.05, 0.1) is 16.6 Å². The maximum absolute atomic E-state index is 13.0. The second-order valence-corrected chi connectivity index (χ2v) is 11.7. The highest BCUT2D eigenvalue weighted by Gasteiger charge is 2.42. The predicted molar refractivity (Wildman–Crippen MR) is 119 cm³/mol. The van der Waals surface area contributed by atoms with Crippen molar-refractivity contribution < 1.29 is 17.9 Å². The Morgan fingerprint density at radius 1 is 1.13 bits per heavy atom. The van der Waals surface area contributed by atoms with E-state index in [4.69, 9.17) is 9.72 Å². The predicted octanol–water partition coefficient (Wildman–Crippen LogP) is 4.35. The first-order valence-electron chi connectivity index (χ1n) is 10.8. The fraction of sp³-hybridized carbons (Fsp3) is 0.565. The molecule has 1 saturated heterocycles. The maximum atomic E-state index is 13.0. The zero-order valence-corrected chi connectivity index (χ0v) is 19.7. The number of ether oxygens (including phenoxy) is 1. The number of fused-ring (bicyclic) bond motifs is 3. The number of nitrogens with zero attached hydrogens (tertiary/aromatic N) is 3. The lowest BCUT2D eigenvalue weighted by atomic mass is 9.84. The summed E-state index contributed by atoms with van der Waals surface area (Å²) in [6, 6.07) is 6.77. The standard InChI is InChI=1S/C23H31N3O4S/c1-15-19(16-8-10-18(11-9-16)31(5,28)29)24-21-20-17(12-14-25(15)21)7-6-13-26(20)22(27)30-23(2,3)4/h8-11,17,20H,6-7,12-14H2,1-5H3. The number of carbonyl (C=O) groups is 1. The smallest absolute Gasteiger partial charge is 0.410 e. The van der Waals surface area contributed by atoms with Gasteiger partial charge in [-0.1, -0.05) is 12.1 Å². The van der Waals surface area contributed by atoms with Gasteiger partial charge in [-0.05, 0) is 65.0 Å². The van der Waals surface area contributed by atoms with E-state index in [-0.39, 0.29) is 12.1 Å². The van der Waals surface area contributed by atoms with Crippen molar-refractivity contribution in [3.8, 4) is 11.3 Å². The van der Waals surface area contributed by atoms with Crippen molar-refractivity contribution in [3.05, 3.63) is 35.8 Å². The first-order chi connectivity index (χ1) is 14.5. The molecule has 2 atom stereocenters. The molecule has 168 valence electrons. The number of aromatic nitrogens is 2. The van der Waals surface area contributed by atoms with Gasteiger partial charge in [0.1, 0.15) is 11.4 Å². The van der Waals surface area contributed by atoms with Crippen molar-refractivity contribution in [2.45, 2.75) is 70.0 Å². The maximum Gasteiger partial charge on any atom is 0.410 e. The van der Waals surface area contributed by atoms with E-state index in [9.17, 15) is 13.2 Å². The zero-order valence-electron chi connectivity index (χ0n) is 18.9. The Kier molecular flexibility index (Phi) is 5.40. The number of likely N-dealkylation sites (tertiary alicyclic amines) is 1. The Morgan fingerprint density at radius 2 is 1.81 bits per heavy atom. The molecule has 31 heavy (non-hydrogen) atoms. The van der Waals surface area contributed by atoms with Crippen molar-refractivity contribution in [1.29, 1.82) is 0 Å². The van der Waals surface area contributed by atoms with E-state index < -0.39 is 15.4 Å². The summed E-state index contributed by atoms with van der Waals surface area (Å²) >= 11 is 0. The van der Waals surface area contributed by atoms with E-state index in [1.165, 1.54) is 6.26 Å². The molecule has 2 aliphatic rings. The number of carbonyl (C=O) groups excluding carboxylic acids is 1. The molecule has 1 aromatic heterocycles. The van der Waals surface area contributed by atoms with E-state index in [0.29, 0.717) is 17.4 Å². The van der Waals surface area contributed by atoms with Crippen LogP contribution in [0.2, 0.25) is 0 Å². The molecule has 1 amide bonds. The van der Waals surface area contributed by atoms with Crippen LogP contribution in [0.25, 0.3) is 11.3 Å². The van der Waals surface area contributed by atoms with Gasteiger partial charge >= 0.3 is 6.09 Å². The number of hydrogen-bond donors (Lipinski definition) is 0. The van der Waals surface area contributed by atoms with Gasteiger partial charge < -0.3 is 9.30 Å². The van der Waals surface area contributed by atoms with E-state index in [1.807, 2.05) is 44.7 Å². The summed E-state index contributed by atoms with van der Waals surface area (Å²) in [4.78, 5) is 20.1. The summed E-state index contributed by atoms with van der Waals surface area (Å²) in [6.07, 6.45) is 3.97. The number of piperidine rings is 1. The van der Waals surface area contributed by atoms with E-state index in [0.717, 1.165) is 48.6 Å². The van der Waals surface area contributed by atoms with Crippen LogP contribution < -0.4 is 0 Å². The van der Waals surface area contributed by atoms with Gasteiger partial charge in [0.15, 0.2) is 9.84 Å². The molecule has 1 fully saturated rings.